The van der Waals surface area contributed by atoms with E-state index in [1.165, 1.54) is 0 Å². The second kappa shape index (κ2) is 6.25. The molecule has 0 radical (unpaired) electrons. The number of hydrogen-bond donors (Lipinski definition) is 2. The molecule has 0 aliphatic rings. The average molecular weight is 296 g/mol. The Hall–Kier alpha value is -2.28. The number of aromatic nitrogens is 3. The summed E-state index contributed by atoms with van der Waals surface area (Å²) >= 11 is 5.82. The van der Waals surface area contributed by atoms with Crippen LogP contribution >= 0.6 is 11.6 Å². The Morgan fingerprint density at radius 2 is 1.55 bits per heavy atom. The lowest BCUT2D eigenvalue weighted by Gasteiger charge is -2.10. The fourth-order valence-electron chi connectivity index (χ4n) is 1.53. The molecule has 1 aromatic heterocycles. The molecule has 0 atom stereocenters. The van der Waals surface area contributed by atoms with Crippen LogP contribution in [0.15, 0.2) is 18.2 Å². The van der Waals surface area contributed by atoms with E-state index in [0.29, 0.717) is 29.1 Å². The molecule has 0 fully saturated rings. The lowest BCUT2D eigenvalue weighted by molar-refractivity contribution is 0.395. The highest BCUT2D eigenvalue weighted by atomic mass is 35.5. The van der Waals surface area contributed by atoms with Crippen molar-refractivity contribution in [2.75, 3.05) is 31.9 Å². The molecule has 1 aromatic carbocycles. The maximum Gasteiger partial charge on any atom is 0.233 e. The van der Waals surface area contributed by atoms with E-state index in [1.54, 1.807) is 39.5 Å². The largest absolute Gasteiger partial charge is 0.497 e. The molecular weight excluding hydrogens is 282 g/mol. The summed E-state index contributed by atoms with van der Waals surface area (Å²) in [6, 6.07) is 5.35. The van der Waals surface area contributed by atoms with Crippen molar-refractivity contribution in [3.05, 3.63) is 23.5 Å². The summed E-state index contributed by atoms with van der Waals surface area (Å²) in [4.78, 5) is 12.1. The second-order valence-electron chi connectivity index (χ2n) is 3.73. The van der Waals surface area contributed by atoms with Gasteiger partial charge in [0.15, 0.2) is 0 Å². The molecule has 0 saturated heterocycles. The highest BCUT2D eigenvalue weighted by Gasteiger charge is 2.06. The van der Waals surface area contributed by atoms with Gasteiger partial charge in [0.1, 0.15) is 11.5 Å². The van der Waals surface area contributed by atoms with E-state index in [1.807, 2.05) is 0 Å². The van der Waals surface area contributed by atoms with E-state index < -0.39 is 0 Å². The van der Waals surface area contributed by atoms with E-state index >= 15 is 0 Å². The monoisotopic (exact) mass is 295 g/mol. The van der Waals surface area contributed by atoms with Gasteiger partial charge in [0.25, 0.3) is 0 Å². The maximum absolute atomic E-state index is 5.82. The Balaban J connectivity index is 2.31. The number of nitrogens with one attached hydrogen (secondary N) is 2. The van der Waals surface area contributed by atoms with Gasteiger partial charge in [-0.25, -0.2) is 0 Å². The van der Waals surface area contributed by atoms with E-state index in [-0.39, 0.29) is 5.28 Å². The van der Waals surface area contributed by atoms with Crippen LogP contribution in [0.4, 0.5) is 17.6 Å². The van der Waals surface area contributed by atoms with Gasteiger partial charge in [-0.2, -0.15) is 15.0 Å². The standard InChI is InChI=1S/C12H14ClN5O2/c1-14-11-16-10(13)17-12(18-11)15-7-4-8(19-2)6-9(5-7)20-3/h4-6H,1-3H3,(H2,14,15,16,17,18). The predicted octanol–water partition coefficient (Wildman–Crippen LogP) is 2.33. The normalized spacial score (nSPS) is 10.0. The summed E-state index contributed by atoms with van der Waals surface area (Å²) in [5.41, 5.74) is 0.713. The van der Waals surface area contributed by atoms with Crippen LogP contribution in [0.5, 0.6) is 11.5 Å². The first-order chi connectivity index (χ1) is 9.64. The summed E-state index contributed by atoms with van der Waals surface area (Å²) in [5.74, 6) is 2.01. The van der Waals surface area contributed by atoms with Gasteiger partial charge < -0.3 is 20.1 Å². The Labute approximate surface area is 121 Å². The SMILES string of the molecule is CNc1nc(Cl)nc(Nc2cc(OC)cc(OC)c2)n1. The highest BCUT2D eigenvalue weighted by molar-refractivity contribution is 6.28. The Bertz CT molecular complexity index is 586. The Kier molecular flexibility index (Phi) is 4.41. The van der Waals surface area contributed by atoms with Crippen molar-refractivity contribution in [2.24, 2.45) is 0 Å². The van der Waals surface area contributed by atoms with E-state index in [0.717, 1.165) is 0 Å². The molecule has 8 heteroatoms. The molecule has 2 aromatic rings. The number of nitrogens with zero attached hydrogens (tertiary/aromatic N) is 3. The topological polar surface area (TPSA) is 81.2 Å². The predicted molar refractivity (Wildman–Crippen MR) is 77.2 cm³/mol. The van der Waals surface area contributed by atoms with Crippen molar-refractivity contribution >= 4 is 29.2 Å². The first-order valence-corrected chi connectivity index (χ1v) is 6.12. The zero-order chi connectivity index (χ0) is 14.5. The van der Waals surface area contributed by atoms with Gasteiger partial charge in [0.05, 0.1) is 14.2 Å². The molecule has 20 heavy (non-hydrogen) atoms. The minimum atomic E-state index is 0.0988. The molecular formula is C12H14ClN5O2. The number of anilines is 3. The van der Waals surface area contributed by atoms with Crippen molar-refractivity contribution in [3.8, 4) is 11.5 Å². The molecule has 7 nitrogen and oxygen atoms in total. The van der Waals surface area contributed by atoms with Gasteiger partial charge in [-0.3, -0.25) is 0 Å². The van der Waals surface area contributed by atoms with Crippen molar-refractivity contribution in [1.82, 2.24) is 15.0 Å². The van der Waals surface area contributed by atoms with Crippen LogP contribution in [-0.4, -0.2) is 36.2 Å². The molecule has 0 saturated carbocycles. The van der Waals surface area contributed by atoms with Crippen LogP contribution in [-0.2, 0) is 0 Å². The van der Waals surface area contributed by atoms with Crippen molar-refractivity contribution in [3.63, 3.8) is 0 Å². The van der Waals surface area contributed by atoms with Crippen LogP contribution in [0, 0.1) is 0 Å². The lowest BCUT2D eigenvalue weighted by atomic mass is 10.3. The average Bonchev–Trinajstić information content (AvgIpc) is 2.46. The van der Waals surface area contributed by atoms with Crippen molar-refractivity contribution < 1.29 is 9.47 Å². The Morgan fingerprint density at radius 3 is 2.10 bits per heavy atom. The fraction of sp³-hybridized carbons (Fsp3) is 0.250. The molecule has 2 N–H and O–H groups in total. The zero-order valence-corrected chi connectivity index (χ0v) is 12.0. The lowest BCUT2D eigenvalue weighted by Crippen LogP contribution is -2.04. The summed E-state index contributed by atoms with van der Waals surface area (Å²) in [6.45, 7) is 0. The molecule has 0 aliphatic carbocycles. The minimum Gasteiger partial charge on any atom is -0.497 e. The van der Waals surface area contributed by atoms with E-state index in [2.05, 4.69) is 25.6 Å². The van der Waals surface area contributed by atoms with Gasteiger partial charge in [0, 0.05) is 30.9 Å². The van der Waals surface area contributed by atoms with Crippen LogP contribution < -0.4 is 20.1 Å². The highest BCUT2D eigenvalue weighted by Crippen LogP contribution is 2.27. The number of hydrogen-bond acceptors (Lipinski definition) is 7. The number of rotatable bonds is 5. The van der Waals surface area contributed by atoms with Gasteiger partial charge in [-0.15, -0.1) is 0 Å². The summed E-state index contributed by atoms with van der Waals surface area (Å²) in [6.07, 6.45) is 0. The third kappa shape index (κ3) is 3.39. The third-order valence-electron chi connectivity index (χ3n) is 2.44. The molecule has 106 valence electrons. The van der Waals surface area contributed by atoms with Crippen molar-refractivity contribution in [1.29, 1.82) is 0 Å². The fourth-order valence-corrected chi connectivity index (χ4v) is 1.69. The number of methoxy groups -OCH3 is 2. The summed E-state index contributed by atoms with van der Waals surface area (Å²) in [5, 5.41) is 5.92. The first-order valence-electron chi connectivity index (χ1n) is 5.74. The number of benzene rings is 1. The van der Waals surface area contributed by atoms with Crippen LogP contribution in [0.1, 0.15) is 0 Å². The molecule has 0 spiro atoms. The van der Waals surface area contributed by atoms with Crippen LogP contribution in [0.25, 0.3) is 0 Å². The quantitative estimate of drug-likeness (QED) is 0.876. The zero-order valence-electron chi connectivity index (χ0n) is 11.3. The molecule has 0 unspecified atom stereocenters. The maximum atomic E-state index is 5.82. The van der Waals surface area contributed by atoms with Crippen LogP contribution in [0.3, 0.4) is 0 Å². The minimum absolute atomic E-state index is 0.0988. The second-order valence-corrected chi connectivity index (χ2v) is 4.07. The van der Waals surface area contributed by atoms with Gasteiger partial charge >= 0.3 is 0 Å². The van der Waals surface area contributed by atoms with E-state index in [4.69, 9.17) is 21.1 Å². The first kappa shape index (κ1) is 14.1. The molecule has 0 aliphatic heterocycles. The third-order valence-corrected chi connectivity index (χ3v) is 2.61. The van der Waals surface area contributed by atoms with Gasteiger partial charge in [-0.1, -0.05) is 0 Å². The summed E-state index contributed by atoms with van der Waals surface area (Å²) in [7, 11) is 4.86. The molecule has 0 amide bonds. The smallest absolute Gasteiger partial charge is 0.233 e. The molecule has 2 rings (SSSR count). The van der Waals surface area contributed by atoms with Gasteiger partial charge in [0.2, 0.25) is 17.2 Å². The van der Waals surface area contributed by atoms with E-state index in [9.17, 15) is 0 Å². The number of ether oxygens (including phenoxy) is 2. The van der Waals surface area contributed by atoms with Crippen LogP contribution in [0.2, 0.25) is 5.28 Å². The van der Waals surface area contributed by atoms with Crippen molar-refractivity contribution in [2.45, 2.75) is 0 Å². The summed E-state index contributed by atoms with van der Waals surface area (Å²) < 4.78 is 10.4. The Morgan fingerprint density at radius 1 is 0.950 bits per heavy atom. The molecule has 0 bridgehead atoms. The number of halogens is 1. The van der Waals surface area contributed by atoms with Gasteiger partial charge in [-0.05, 0) is 11.6 Å². The molecule has 1 heterocycles.